The normalized spacial score (nSPS) is 13.4. The predicted molar refractivity (Wildman–Crippen MR) is 136 cm³/mol. The minimum atomic E-state index is -0.226. The molecule has 1 amide bonds. The molecule has 1 aliphatic rings. The lowest BCUT2D eigenvalue weighted by molar-refractivity contribution is -0.121. The van der Waals surface area contributed by atoms with Crippen molar-refractivity contribution < 1.29 is 18.8 Å². The summed E-state index contributed by atoms with van der Waals surface area (Å²) in [4.78, 5) is 17.4. The first kappa shape index (κ1) is 23.6. The Morgan fingerprint density at radius 2 is 1.89 bits per heavy atom. The van der Waals surface area contributed by atoms with Crippen molar-refractivity contribution in [3.63, 3.8) is 0 Å². The molecule has 36 heavy (non-hydrogen) atoms. The molecule has 1 aliphatic heterocycles. The van der Waals surface area contributed by atoms with Crippen LogP contribution in [0.1, 0.15) is 47.9 Å². The van der Waals surface area contributed by atoms with E-state index >= 15 is 0 Å². The molecule has 0 bridgehead atoms. The van der Waals surface area contributed by atoms with Crippen molar-refractivity contribution in [2.75, 3.05) is 13.7 Å². The highest BCUT2D eigenvalue weighted by Gasteiger charge is 2.20. The Hall–Kier alpha value is -4.13. The number of rotatable bonds is 9. The molecule has 3 aromatic carbocycles. The van der Waals surface area contributed by atoms with E-state index in [1.54, 1.807) is 7.11 Å². The van der Waals surface area contributed by atoms with Crippen LogP contribution in [0.4, 0.5) is 0 Å². The summed E-state index contributed by atoms with van der Waals surface area (Å²) in [6.45, 7) is 0.757. The van der Waals surface area contributed by atoms with Gasteiger partial charge in [0, 0.05) is 18.4 Å². The number of fused-ring (bicyclic) bond motifs is 1. The van der Waals surface area contributed by atoms with Gasteiger partial charge in [-0.25, -0.2) is 0 Å². The van der Waals surface area contributed by atoms with E-state index in [2.05, 4.69) is 21.5 Å². The van der Waals surface area contributed by atoms with E-state index in [1.807, 2.05) is 66.7 Å². The van der Waals surface area contributed by atoms with Crippen LogP contribution in [-0.4, -0.2) is 29.8 Å². The van der Waals surface area contributed by atoms with Crippen molar-refractivity contribution >= 4 is 5.91 Å². The molecule has 184 valence electrons. The quantitative estimate of drug-likeness (QED) is 0.348. The van der Waals surface area contributed by atoms with Crippen molar-refractivity contribution in [3.05, 3.63) is 95.4 Å². The number of methoxy groups -OCH3 is 1. The van der Waals surface area contributed by atoms with E-state index in [-0.39, 0.29) is 11.9 Å². The van der Waals surface area contributed by atoms with Gasteiger partial charge in [-0.15, -0.1) is 0 Å². The minimum absolute atomic E-state index is 0.0206. The molecular weight excluding hydrogens is 454 g/mol. The van der Waals surface area contributed by atoms with E-state index in [1.165, 1.54) is 5.56 Å². The van der Waals surface area contributed by atoms with Crippen molar-refractivity contribution in [2.24, 2.45) is 0 Å². The number of benzene rings is 3. The molecule has 2 heterocycles. The standard InChI is InChI=1S/C29H29N3O4/c1-34-24-15-12-21(13-16-24)29-31-27(36-32-29)11-5-10-26(33)30-28(20-7-3-2-4-8-20)23-14-17-25-22(19-23)9-6-18-35-25/h2-4,7-8,12-17,19,28H,5-6,9-11,18H2,1H3,(H,30,33). The van der Waals surface area contributed by atoms with Crippen LogP contribution in [0.25, 0.3) is 11.4 Å². The number of carbonyl (C=O) groups is 1. The summed E-state index contributed by atoms with van der Waals surface area (Å²) in [7, 11) is 1.63. The lowest BCUT2D eigenvalue weighted by atomic mass is 9.94. The summed E-state index contributed by atoms with van der Waals surface area (Å²) in [5.74, 6) is 2.73. The van der Waals surface area contributed by atoms with Gasteiger partial charge in [-0.3, -0.25) is 4.79 Å². The van der Waals surface area contributed by atoms with E-state index < -0.39 is 0 Å². The van der Waals surface area contributed by atoms with Crippen LogP contribution in [0.3, 0.4) is 0 Å². The second-order valence-corrected chi connectivity index (χ2v) is 8.82. The average Bonchev–Trinajstić information content (AvgIpc) is 3.41. The highest BCUT2D eigenvalue weighted by atomic mass is 16.5. The van der Waals surface area contributed by atoms with Gasteiger partial charge in [0.25, 0.3) is 0 Å². The van der Waals surface area contributed by atoms with Crippen molar-refractivity contribution in [1.29, 1.82) is 0 Å². The Balaban J connectivity index is 1.21. The summed E-state index contributed by atoms with van der Waals surface area (Å²) in [6.07, 6.45) is 3.49. The smallest absolute Gasteiger partial charge is 0.226 e. The number of amides is 1. The summed E-state index contributed by atoms with van der Waals surface area (Å²) < 4.78 is 16.3. The number of carbonyl (C=O) groups excluding carboxylic acids is 1. The third kappa shape index (κ3) is 5.57. The molecule has 0 aliphatic carbocycles. The number of nitrogens with one attached hydrogen (secondary N) is 1. The molecule has 0 saturated heterocycles. The first-order valence-electron chi connectivity index (χ1n) is 12.3. The molecule has 1 aromatic heterocycles. The maximum absolute atomic E-state index is 13.0. The Morgan fingerprint density at radius 1 is 1.06 bits per heavy atom. The van der Waals surface area contributed by atoms with Crippen LogP contribution in [0.15, 0.2) is 77.3 Å². The van der Waals surface area contributed by atoms with Gasteiger partial charge in [-0.05, 0) is 72.4 Å². The van der Waals surface area contributed by atoms with Crippen LogP contribution in [0.2, 0.25) is 0 Å². The fraction of sp³-hybridized carbons (Fsp3) is 0.276. The van der Waals surface area contributed by atoms with Gasteiger partial charge in [-0.1, -0.05) is 41.6 Å². The van der Waals surface area contributed by atoms with E-state index in [4.69, 9.17) is 14.0 Å². The van der Waals surface area contributed by atoms with Crippen LogP contribution in [0, 0.1) is 0 Å². The molecule has 1 N–H and O–H groups in total. The zero-order chi connectivity index (χ0) is 24.7. The SMILES string of the molecule is COc1ccc(-c2noc(CCCC(=O)NC(c3ccccc3)c3ccc4c(c3)CCCO4)n2)cc1. The van der Waals surface area contributed by atoms with E-state index in [0.29, 0.717) is 31.0 Å². The average molecular weight is 484 g/mol. The van der Waals surface area contributed by atoms with Crippen molar-refractivity contribution in [1.82, 2.24) is 15.5 Å². The largest absolute Gasteiger partial charge is 0.497 e. The van der Waals surface area contributed by atoms with Crippen LogP contribution in [-0.2, 0) is 17.6 Å². The van der Waals surface area contributed by atoms with Gasteiger partial charge in [0.2, 0.25) is 17.6 Å². The topological polar surface area (TPSA) is 86.5 Å². The third-order valence-electron chi connectivity index (χ3n) is 6.31. The van der Waals surface area contributed by atoms with Crippen LogP contribution >= 0.6 is 0 Å². The summed E-state index contributed by atoms with van der Waals surface area (Å²) >= 11 is 0. The second kappa shape index (κ2) is 11.1. The fourth-order valence-electron chi connectivity index (χ4n) is 4.41. The Kier molecular flexibility index (Phi) is 7.26. The molecule has 0 spiro atoms. The first-order chi connectivity index (χ1) is 17.7. The van der Waals surface area contributed by atoms with E-state index in [9.17, 15) is 4.79 Å². The van der Waals surface area contributed by atoms with Crippen LogP contribution < -0.4 is 14.8 Å². The Bertz CT molecular complexity index is 1300. The van der Waals surface area contributed by atoms with Gasteiger partial charge >= 0.3 is 0 Å². The lowest BCUT2D eigenvalue weighted by Crippen LogP contribution is -2.29. The summed E-state index contributed by atoms with van der Waals surface area (Å²) in [5.41, 5.74) is 4.14. The molecule has 0 radical (unpaired) electrons. The first-order valence-corrected chi connectivity index (χ1v) is 12.3. The second-order valence-electron chi connectivity index (χ2n) is 8.82. The van der Waals surface area contributed by atoms with Crippen molar-refractivity contribution in [3.8, 4) is 22.9 Å². The highest BCUT2D eigenvalue weighted by molar-refractivity contribution is 5.77. The minimum Gasteiger partial charge on any atom is -0.497 e. The molecule has 4 aromatic rings. The third-order valence-corrected chi connectivity index (χ3v) is 6.31. The predicted octanol–water partition coefficient (Wildman–Crippen LogP) is 5.30. The van der Waals surface area contributed by atoms with Gasteiger partial charge in [0.05, 0.1) is 19.8 Å². The number of hydrogen-bond donors (Lipinski definition) is 1. The van der Waals surface area contributed by atoms with Gasteiger partial charge in [0.15, 0.2) is 0 Å². The summed E-state index contributed by atoms with van der Waals surface area (Å²) in [5, 5.41) is 7.29. The lowest BCUT2D eigenvalue weighted by Gasteiger charge is -2.23. The zero-order valence-corrected chi connectivity index (χ0v) is 20.3. The van der Waals surface area contributed by atoms with Gasteiger partial charge in [-0.2, -0.15) is 4.98 Å². The van der Waals surface area contributed by atoms with Crippen molar-refractivity contribution in [2.45, 2.75) is 38.1 Å². The Labute approximate surface area is 210 Å². The number of aryl methyl sites for hydroxylation is 2. The zero-order valence-electron chi connectivity index (χ0n) is 20.3. The Morgan fingerprint density at radius 3 is 2.69 bits per heavy atom. The molecule has 5 rings (SSSR count). The van der Waals surface area contributed by atoms with Gasteiger partial charge in [0.1, 0.15) is 11.5 Å². The molecule has 0 saturated carbocycles. The number of aromatic nitrogens is 2. The molecular formula is C29H29N3O4. The summed E-state index contributed by atoms with van der Waals surface area (Å²) in [6, 6.07) is 23.5. The highest BCUT2D eigenvalue weighted by Crippen LogP contribution is 2.30. The molecule has 1 atom stereocenters. The number of nitrogens with zero attached hydrogens (tertiary/aromatic N) is 2. The fourth-order valence-corrected chi connectivity index (χ4v) is 4.41. The monoisotopic (exact) mass is 483 g/mol. The number of hydrogen-bond acceptors (Lipinski definition) is 6. The van der Waals surface area contributed by atoms with Crippen LogP contribution in [0.5, 0.6) is 11.5 Å². The number of ether oxygens (including phenoxy) is 2. The van der Waals surface area contributed by atoms with E-state index in [0.717, 1.165) is 47.6 Å². The maximum atomic E-state index is 13.0. The molecule has 0 fully saturated rings. The molecule has 1 unspecified atom stereocenters. The molecule has 7 heteroatoms. The van der Waals surface area contributed by atoms with Gasteiger partial charge < -0.3 is 19.3 Å². The molecule has 7 nitrogen and oxygen atoms in total. The maximum Gasteiger partial charge on any atom is 0.226 e.